The Hall–Kier alpha value is -1.35. The first-order chi connectivity index (χ1) is 8.24. The number of rotatable bonds is 0. The van der Waals surface area contributed by atoms with E-state index in [0.29, 0.717) is 17.7 Å². The average Bonchev–Trinajstić information content (AvgIpc) is 2.47. The van der Waals surface area contributed by atoms with Gasteiger partial charge in [-0.2, -0.15) is 0 Å². The second kappa shape index (κ2) is 4.15. The maximum Gasteiger partial charge on any atom is 0.130 e. The second-order valence-electron chi connectivity index (χ2n) is 4.10. The van der Waals surface area contributed by atoms with Crippen LogP contribution in [0.2, 0.25) is 0 Å². The van der Waals surface area contributed by atoms with Crippen molar-refractivity contribution in [1.82, 2.24) is 0 Å². The van der Waals surface area contributed by atoms with Crippen LogP contribution in [0.5, 0.6) is 0 Å². The van der Waals surface area contributed by atoms with Crippen molar-refractivity contribution in [1.29, 1.82) is 0 Å². The summed E-state index contributed by atoms with van der Waals surface area (Å²) < 4.78 is 26.9. The number of halogens is 2. The van der Waals surface area contributed by atoms with Crippen molar-refractivity contribution in [2.45, 2.75) is 17.1 Å². The summed E-state index contributed by atoms with van der Waals surface area (Å²) in [5.74, 6) is -0.357. The molecule has 0 aliphatic carbocycles. The van der Waals surface area contributed by atoms with E-state index in [-0.39, 0.29) is 0 Å². The molecule has 3 rings (SSSR count). The molecule has 0 saturated carbocycles. The molecule has 1 heterocycles. The molecule has 0 bridgehead atoms. The third-order valence-electron chi connectivity index (χ3n) is 2.98. The first-order valence-electron chi connectivity index (χ1n) is 5.41. The molecule has 86 valence electrons. The minimum absolute atomic E-state index is 0.430. The predicted octanol–water partition coefficient (Wildman–Crippen LogP) is 4.16. The zero-order valence-electron chi connectivity index (χ0n) is 9.04. The van der Waals surface area contributed by atoms with Crippen molar-refractivity contribution in [3.63, 3.8) is 0 Å². The lowest BCUT2D eigenvalue weighted by molar-refractivity contribution is 0.573. The van der Waals surface area contributed by atoms with Gasteiger partial charge in [0.05, 0.1) is 0 Å². The molecule has 1 aliphatic heterocycles. The third-order valence-corrected chi connectivity index (χ3v) is 4.12. The Kier molecular flexibility index (Phi) is 2.63. The standard InChI is InChI=1S/C14H10F2S/c15-11-6-10-5-9-3-1-2-4-14(9)17-8-12(10)13(16)7-11/h1-4,6-7H,5,8H2. The summed E-state index contributed by atoms with van der Waals surface area (Å²) in [5.41, 5.74) is 2.54. The van der Waals surface area contributed by atoms with Crippen molar-refractivity contribution in [3.05, 3.63) is 64.7 Å². The van der Waals surface area contributed by atoms with Gasteiger partial charge in [0, 0.05) is 22.3 Å². The Bertz CT molecular complexity index is 578. The lowest BCUT2D eigenvalue weighted by Crippen LogP contribution is -1.97. The molecule has 0 aromatic heterocycles. The Labute approximate surface area is 103 Å². The number of benzene rings is 2. The molecule has 2 aromatic rings. The van der Waals surface area contributed by atoms with Gasteiger partial charge in [0.25, 0.3) is 0 Å². The maximum atomic E-state index is 13.7. The van der Waals surface area contributed by atoms with E-state index in [1.165, 1.54) is 6.07 Å². The van der Waals surface area contributed by atoms with Gasteiger partial charge in [-0.15, -0.1) is 11.8 Å². The maximum absolute atomic E-state index is 13.7. The normalized spacial score (nSPS) is 13.8. The van der Waals surface area contributed by atoms with Crippen LogP contribution < -0.4 is 0 Å². The first kappa shape index (κ1) is 10.8. The summed E-state index contributed by atoms with van der Waals surface area (Å²) in [7, 11) is 0. The number of hydrogen-bond donors (Lipinski definition) is 0. The minimum atomic E-state index is -0.495. The summed E-state index contributed by atoms with van der Waals surface area (Å²) in [5, 5.41) is 0. The monoisotopic (exact) mass is 248 g/mol. The average molecular weight is 248 g/mol. The van der Waals surface area contributed by atoms with E-state index < -0.39 is 11.6 Å². The van der Waals surface area contributed by atoms with Gasteiger partial charge < -0.3 is 0 Å². The van der Waals surface area contributed by atoms with Crippen molar-refractivity contribution in [2.75, 3.05) is 0 Å². The molecule has 0 radical (unpaired) electrons. The third kappa shape index (κ3) is 1.95. The second-order valence-corrected chi connectivity index (χ2v) is 5.12. The lowest BCUT2D eigenvalue weighted by Gasteiger charge is -2.06. The van der Waals surface area contributed by atoms with Crippen LogP contribution in [-0.2, 0) is 12.2 Å². The van der Waals surface area contributed by atoms with E-state index >= 15 is 0 Å². The molecule has 0 spiro atoms. The molecular weight excluding hydrogens is 238 g/mol. The smallest absolute Gasteiger partial charge is 0.130 e. The van der Waals surface area contributed by atoms with Gasteiger partial charge in [-0.1, -0.05) is 18.2 Å². The Balaban J connectivity index is 2.14. The highest BCUT2D eigenvalue weighted by Gasteiger charge is 2.17. The molecule has 0 N–H and O–H groups in total. The fourth-order valence-corrected chi connectivity index (χ4v) is 3.25. The van der Waals surface area contributed by atoms with Gasteiger partial charge in [-0.05, 0) is 29.7 Å². The van der Waals surface area contributed by atoms with Crippen LogP contribution in [0.25, 0.3) is 0 Å². The molecular formula is C14H10F2S. The molecule has 0 unspecified atom stereocenters. The van der Waals surface area contributed by atoms with Gasteiger partial charge in [-0.25, -0.2) is 8.78 Å². The molecule has 0 fully saturated rings. The molecule has 0 nitrogen and oxygen atoms in total. The SMILES string of the molecule is Fc1cc(F)c2c(c1)Cc1ccccc1SC2. The van der Waals surface area contributed by atoms with Crippen molar-refractivity contribution < 1.29 is 8.78 Å². The highest BCUT2D eigenvalue weighted by atomic mass is 32.2. The van der Waals surface area contributed by atoms with Gasteiger partial charge in [0.15, 0.2) is 0 Å². The topological polar surface area (TPSA) is 0 Å². The van der Waals surface area contributed by atoms with E-state index in [4.69, 9.17) is 0 Å². The number of fused-ring (bicyclic) bond motifs is 2. The molecule has 0 atom stereocenters. The van der Waals surface area contributed by atoms with E-state index in [2.05, 4.69) is 0 Å². The summed E-state index contributed by atoms with van der Waals surface area (Å²) in [4.78, 5) is 1.16. The number of hydrogen-bond acceptors (Lipinski definition) is 1. The van der Waals surface area contributed by atoms with E-state index in [0.717, 1.165) is 22.1 Å². The summed E-state index contributed by atoms with van der Waals surface area (Å²) >= 11 is 1.61. The summed E-state index contributed by atoms with van der Waals surface area (Å²) in [6, 6.07) is 10.4. The van der Waals surface area contributed by atoms with Gasteiger partial charge >= 0.3 is 0 Å². The van der Waals surface area contributed by atoms with Crippen LogP contribution in [0.1, 0.15) is 16.7 Å². The van der Waals surface area contributed by atoms with Crippen LogP contribution in [0, 0.1) is 11.6 Å². The molecule has 0 saturated heterocycles. The van der Waals surface area contributed by atoms with Gasteiger partial charge in [0.2, 0.25) is 0 Å². The van der Waals surface area contributed by atoms with Crippen molar-refractivity contribution in [3.8, 4) is 0 Å². The first-order valence-corrected chi connectivity index (χ1v) is 6.40. The molecule has 17 heavy (non-hydrogen) atoms. The van der Waals surface area contributed by atoms with Crippen LogP contribution in [0.4, 0.5) is 8.78 Å². The highest BCUT2D eigenvalue weighted by Crippen LogP contribution is 2.34. The van der Waals surface area contributed by atoms with E-state index in [1.807, 2.05) is 24.3 Å². The van der Waals surface area contributed by atoms with Crippen molar-refractivity contribution >= 4 is 11.8 Å². The lowest BCUT2D eigenvalue weighted by atomic mass is 10.00. The largest absolute Gasteiger partial charge is 0.207 e. The van der Waals surface area contributed by atoms with Crippen LogP contribution in [0.3, 0.4) is 0 Å². The van der Waals surface area contributed by atoms with Gasteiger partial charge in [0.1, 0.15) is 11.6 Å². The van der Waals surface area contributed by atoms with Crippen LogP contribution in [0.15, 0.2) is 41.3 Å². The molecule has 1 aliphatic rings. The molecule has 0 amide bonds. The van der Waals surface area contributed by atoms with E-state index in [9.17, 15) is 8.78 Å². The number of thioether (sulfide) groups is 1. The Morgan fingerprint density at radius 2 is 1.82 bits per heavy atom. The van der Waals surface area contributed by atoms with Crippen LogP contribution >= 0.6 is 11.8 Å². The fourth-order valence-electron chi connectivity index (χ4n) is 2.12. The minimum Gasteiger partial charge on any atom is -0.207 e. The predicted molar refractivity (Wildman–Crippen MR) is 65.2 cm³/mol. The summed E-state index contributed by atoms with van der Waals surface area (Å²) in [6.07, 6.45) is 0.604. The highest BCUT2D eigenvalue weighted by molar-refractivity contribution is 7.98. The molecule has 2 aromatic carbocycles. The Morgan fingerprint density at radius 1 is 1.00 bits per heavy atom. The van der Waals surface area contributed by atoms with Crippen molar-refractivity contribution in [2.24, 2.45) is 0 Å². The van der Waals surface area contributed by atoms with Gasteiger partial charge in [-0.3, -0.25) is 0 Å². The zero-order valence-corrected chi connectivity index (χ0v) is 9.86. The Morgan fingerprint density at radius 3 is 2.71 bits per heavy atom. The quantitative estimate of drug-likeness (QED) is 0.674. The fraction of sp³-hybridized carbons (Fsp3) is 0.143. The summed E-state index contributed by atoms with van der Waals surface area (Å²) in [6.45, 7) is 0. The molecule has 3 heteroatoms. The zero-order chi connectivity index (χ0) is 11.8. The van der Waals surface area contributed by atoms with E-state index in [1.54, 1.807) is 11.8 Å². The van der Waals surface area contributed by atoms with Crippen LogP contribution in [-0.4, -0.2) is 0 Å².